The first-order valence-corrected chi connectivity index (χ1v) is 8.85. The van der Waals surface area contributed by atoms with Gasteiger partial charge in [-0.15, -0.1) is 0 Å². The normalized spacial score (nSPS) is 17.4. The molecule has 1 amide bonds. The second-order valence-corrected chi connectivity index (χ2v) is 7.74. The maximum atomic E-state index is 14.4. The molecule has 3 rings (SSSR count). The van der Waals surface area contributed by atoms with Crippen LogP contribution in [0.3, 0.4) is 0 Å². The molecule has 1 aromatic carbocycles. The number of hydrogen-bond acceptors (Lipinski definition) is 5. The largest absolute Gasteiger partial charge is 0.465 e. The van der Waals surface area contributed by atoms with E-state index in [1.54, 1.807) is 16.5 Å². The molecule has 0 spiro atoms. The van der Waals surface area contributed by atoms with E-state index in [9.17, 15) is 14.0 Å². The zero-order chi connectivity index (χ0) is 19.9. The van der Waals surface area contributed by atoms with Crippen LogP contribution in [0.2, 0.25) is 0 Å². The molecule has 146 valence electrons. The molecule has 1 aliphatic rings. The van der Waals surface area contributed by atoms with E-state index in [-0.39, 0.29) is 17.7 Å². The Labute approximate surface area is 157 Å². The number of methoxy groups -OCH3 is 1. The van der Waals surface area contributed by atoms with Gasteiger partial charge >= 0.3 is 12.1 Å². The Morgan fingerprint density at radius 1 is 1.30 bits per heavy atom. The molecule has 1 unspecified atom stereocenters. The maximum Gasteiger partial charge on any atom is 0.410 e. The number of nitrogens with zero attached hydrogens (tertiary/aromatic N) is 3. The Hall–Kier alpha value is -2.64. The van der Waals surface area contributed by atoms with Gasteiger partial charge in [-0.05, 0) is 40.2 Å². The first kappa shape index (κ1) is 19.1. The van der Waals surface area contributed by atoms with Crippen LogP contribution in [0.15, 0.2) is 12.1 Å². The van der Waals surface area contributed by atoms with Gasteiger partial charge in [0, 0.05) is 24.5 Å². The Morgan fingerprint density at radius 3 is 2.63 bits per heavy atom. The highest BCUT2D eigenvalue weighted by molar-refractivity contribution is 5.95. The van der Waals surface area contributed by atoms with Gasteiger partial charge in [0.15, 0.2) is 0 Å². The highest BCUT2D eigenvalue weighted by Gasteiger charge is 2.32. The predicted molar refractivity (Wildman–Crippen MR) is 97.2 cm³/mol. The van der Waals surface area contributed by atoms with Gasteiger partial charge in [0.1, 0.15) is 11.4 Å². The molecular formula is C19H24FN3O4. The quantitative estimate of drug-likeness (QED) is 0.750. The average molecular weight is 377 g/mol. The fourth-order valence-electron chi connectivity index (χ4n) is 3.29. The molecule has 7 nitrogen and oxygen atoms in total. The number of aromatic nitrogens is 2. The molecule has 2 aromatic rings. The fourth-order valence-corrected chi connectivity index (χ4v) is 3.29. The third-order valence-corrected chi connectivity index (χ3v) is 4.55. The minimum Gasteiger partial charge on any atom is -0.465 e. The van der Waals surface area contributed by atoms with Gasteiger partial charge < -0.3 is 14.4 Å². The summed E-state index contributed by atoms with van der Waals surface area (Å²) in [5, 5.41) is 5.21. The third kappa shape index (κ3) is 3.74. The van der Waals surface area contributed by atoms with Gasteiger partial charge in [0.25, 0.3) is 0 Å². The zero-order valence-electron chi connectivity index (χ0n) is 16.2. The van der Waals surface area contributed by atoms with Crippen LogP contribution < -0.4 is 0 Å². The number of carbonyl (C=O) groups is 2. The van der Waals surface area contributed by atoms with Gasteiger partial charge in [-0.2, -0.15) is 5.10 Å². The number of halogens is 1. The predicted octanol–water partition coefficient (Wildman–Crippen LogP) is 3.45. The molecule has 0 N–H and O–H groups in total. The molecule has 1 atom stereocenters. The topological polar surface area (TPSA) is 73.7 Å². The standard InChI is InChI=1S/C19H24FN3O4/c1-11-13-8-14(17(24)26-5)15(20)9-16(13)23(21-11)12-6-7-22(10-12)18(25)27-19(2,3)4/h8-9,12H,6-7,10H2,1-5H3. The van der Waals surface area contributed by atoms with Crippen LogP contribution in [0.4, 0.5) is 9.18 Å². The molecule has 1 fully saturated rings. The molecule has 0 aliphatic carbocycles. The lowest BCUT2D eigenvalue weighted by atomic mass is 10.1. The molecular weight excluding hydrogens is 353 g/mol. The number of fused-ring (bicyclic) bond motifs is 1. The highest BCUT2D eigenvalue weighted by Crippen LogP contribution is 2.30. The number of likely N-dealkylation sites (tertiary alicyclic amines) is 1. The van der Waals surface area contributed by atoms with Crippen molar-refractivity contribution in [1.29, 1.82) is 0 Å². The van der Waals surface area contributed by atoms with E-state index >= 15 is 0 Å². The summed E-state index contributed by atoms with van der Waals surface area (Å²) in [6, 6.07) is 2.69. The van der Waals surface area contributed by atoms with E-state index in [2.05, 4.69) is 9.84 Å². The first-order valence-electron chi connectivity index (χ1n) is 8.85. The van der Waals surface area contributed by atoms with Gasteiger partial charge in [0.05, 0.1) is 29.9 Å². The highest BCUT2D eigenvalue weighted by atomic mass is 19.1. The molecule has 8 heteroatoms. The number of aryl methyl sites for hydroxylation is 1. The molecule has 0 radical (unpaired) electrons. The van der Waals surface area contributed by atoms with E-state index in [4.69, 9.17) is 4.74 Å². The fraction of sp³-hybridized carbons (Fsp3) is 0.526. The molecule has 1 aliphatic heterocycles. The number of amides is 1. The van der Waals surface area contributed by atoms with Gasteiger partial charge in [0.2, 0.25) is 0 Å². The minimum atomic E-state index is -0.724. The summed E-state index contributed by atoms with van der Waals surface area (Å²) < 4.78 is 26.2. The molecule has 0 bridgehead atoms. The molecule has 0 saturated carbocycles. The monoisotopic (exact) mass is 377 g/mol. The van der Waals surface area contributed by atoms with E-state index in [1.165, 1.54) is 19.2 Å². The van der Waals surface area contributed by atoms with E-state index in [1.807, 2.05) is 20.8 Å². The number of hydrogen-bond donors (Lipinski definition) is 0. The second-order valence-electron chi connectivity index (χ2n) is 7.74. The molecule has 1 saturated heterocycles. The van der Waals surface area contributed by atoms with Crippen LogP contribution in [-0.2, 0) is 9.47 Å². The summed E-state index contributed by atoms with van der Waals surface area (Å²) in [6.07, 6.45) is 0.327. The maximum absolute atomic E-state index is 14.4. The van der Waals surface area contributed by atoms with Gasteiger partial charge in [-0.25, -0.2) is 14.0 Å². The average Bonchev–Trinajstić information content (AvgIpc) is 3.17. The van der Waals surface area contributed by atoms with Gasteiger partial charge in [-0.1, -0.05) is 0 Å². The first-order chi connectivity index (χ1) is 12.6. The van der Waals surface area contributed by atoms with Crippen molar-refractivity contribution in [2.75, 3.05) is 20.2 Å². The van der Waals surface area contributed by atoms with Crippen molar-refractivity contribution in [3.8, 4) is 0 Å². The lowest BCUT2D eigenvalue weighted by Crippen LogP contribution is -2.35. The number of esters is 1. The van der Waals surface area contributed by atoms with E-state index in [0.29, 0.717) is 36.1 Å². The number of ether oxygens (including phenoxy) is 2. The summed E-state index contributed by atoms with van der Waals surface area (Å²) in [7, 11) is 1.21. The molecule has 2 heterocycles. The lowest BCUT2D eigenvalue weighted by molar-refractivity contribution is 0.0288. The number of carbonyl (C=O) groups excluding carboxylic acids is 2. The van der Waals surface area contributed by atoms with Crippen molar-refractivity contribution in [1.82, 2.24) is 14.7 Å². The number of rotatable bonds is 2. The Kier molecular flexibility index (Phi) is 4.84. The van der Waals surface area contributed by atoms with Gasteiger partial charge in [-0.3, -0.25) is 4.68 Å². The van der Waals surface area contributed by atoms with E-state index in [0.717, 1.165) is 0 Å². The summed E-state index contributed by atoms with van der Waals surface area (Å²) in [6.45, 7) is 8.26. The van der Waals surface area contributed by atoms with E-state index < -0.39 is 17.4 Å². The van der Waals surface area contributed by atoms with Crippen molar-refractivity contribution in [3.63, 3.8) is 0 Å². The van der Waals surface area contributed by atoms with Crippen LogP contribution >= 0.6 is 0 Å². The van der Waals surface area contributed by atoms with Crippen molar-refractivity contribution < 1.29 is 23.5 Å². The third-order valence-electron chi connectivity index (χ3n) is 4.55. The van der Waals surface area contributed by atoms with Crippen molar-refractivity contribution in [2.45, 2.75) is 45.8 Å². The SMILES string of the molecule is COC(=O)c1cc2c(C)nn(C3CCN(C(=O)OC(C)(C)C)C3)c2cc1F. The van der Waals surface area contributed by atoms with Crippen LogP contribution in [0.1, 0.15) is 49.3 Å². The summed E-state index contributed by atoms with van der Waals surface area (Å²) in [5.41, 5.74) is 0.603. The number of benzene rings is 1. The summed E-state index contributed by atoms with van der Waals surface area (Å²) in [4.78, 5) is 25.6. The molecule has 27 heavy (non-hydrogen) atoms. The Balaban J connectivity index is 1.89. The van der Waals surface area contributed by atoms with Crippen LogP contribution in [0.25, 0.3) is 10.9 Å². The Bertz CT molecular complexity index is 900. The summed E-state index contributed by atoms with van der Waals surface area (Å²) >= 11 is 0. The lowest BCUT2D eigenvalue weighted by Gasteiger charge is -2.24. The van der Waals surface area contributed by atoms with Crippen molar-refractivity contribution in [2.24, 2.45) is 0 Å². The smallest absolute Gasteiger partial charge is 0.410 e. The minimum absolute atomic E-state index is 0.0860. The molecule has 1 aromatic heterocycles. The second kappa shape index (κ2) is 6.83. The zero-order valence-corrected chi connectivity index (χ0v) is 16.2. The van der Waals surface area contributed by atoms with Crippen LogP contribution in [-0.4, -0.2) is 52.5 Å². The van der Waals surface area contributed by atoms with Crippen molar-refractivity contribution >= 4 is 23.0 Å². The van der Waals surface area contributed by atoms with Crippen molar-refractivity contribution in [3.05, 3.63) is 29.2 Å². The Morgan fingerprint density at radius 2 is 2.00 bits per heavy atom. The summed E-state index contributed by atoms with van der Waals surface area (Å²) in [5.74, 6) is -1.38. The van der Waals surface area contributed by atoms with Crippen LogP contribution in [0, 0.1) is 12.7 Å². The van der Waals surface area contributed by atoms with Crippen LogP contribution in [0.5, 0.6) is 0 Å².